The van der Waals surface area contributed by atoms with E-state index in [1.165, 1.54) is 4.90 Å². The number of rotatable bonds is 5. The summed E-state index contributed by atoms with van der Waals surface area (Å²) in [4.78, 5) is 55.2. The third-order valence-corrected chi connectivity index (χ3v) is 6.01. The van der Waals surface area contributed by atoms with Crippen LogP contribution in [0.3, 0.4) is 0 Å². The molecule has 0 saturated carbocycles. The Morgan fingerprint density at radius 2 is 2.03 bits per heavy atom. The molecule has 1 aromatic rings. The number of piperidine rings is 1. The van der Waals surface area contributed by atoms with Crippen LogP contribution in [0.1, 0.15) is 31.7 Å². The van der Waals surface area contributed by atoms with Gasteiger partial charge in [0.2, 0.25) is 23.6 Å². The van der Waals surface area contributed by atoms with Crippen LogP contribution in [0.5, 0.6) is 0 Å². The second-order valence-electron chi connectivity index (χ2n) is 7.75. The fourth-order valence-corrected chi connectivity index (χ4v) is 3.92. The van der Waals surface area contributed by atoms with E-state index in [9.17, 15) is 19.2 Å². The lowest BCUT2D eigenvalue weighted by Crippen LogP contribution is -2.56. The normalized spacial score (nSPS) is 22.1. The van der Waals surface area contributed by atoms with Gasteiger partial charge in [-0.15, -0.1) is 0 Å². The summed E-state index contributed by atoms with van der Waals surface area (Å²) in [6.45, 7) is 2.16. The number of benzene rings is 1. The number of carbonyl (C=O) groups is 4. The van der Waals surface area contributed by atoms with E-state index in [-0.39, 0.29) is 49.9 Å². The Hall–Kier alpha value is -2.97. The first-order chi connectivity index (χ1) is 15.7. The standard InChI is InChI=1S/C23H24Cl2N4O4/c1-14-26-9-3-2-4-16(12-22(32)29(14)19-7-8-20(30)28-23(19)33)13-27-21(31)11-15-5-6-17(24)18(25)10-15/h2-6,10,19H,7-9,11-13H2,1H3,(H,27,31)(H,28,30,33)/b3-2-,16-4+,26-14?. The molecule has 10 heteroatoms. The maximum absolute atomic E-state index is 13.2. The number of nitrogens with one attached hydrogen (secondary N) is 2. The van der Waals surface area contributed by atoms with E-state index < -0.39 is 11.9 Å². The lowest BCUT2D eigenvalue weighted by Gasteiger charge is -2.33. The summed E-state index contributed by atoms with van der Waals surface area (Å²) in [5.41, 5.74) is 1.39. The number of allylic oxidation sites excluding steroid dienone is 2. The molecule has 4 amide bonds. The monoisotopic (exact) mass is 490 g/mol. The second kappa shape index (κ2) is 11.2. The molecule has 1 fully saturated rings. The third-order valence-electron chi connectivity index (χ3n) is 5.27. The molecule has 0 bridgehead atoms. The molecular formula is C23H24Cl2N4O4. The van der Waals surface area contributed by atoms with Gasteiger partial charge in [-0.2, -0.15) is 0 Å². The van der Waals surface area contributed by atoms with Gasteiger partial charge in [0, 0.05) is 13.0 Å². The molecule has 2 aliphatic heterocycles. The predicted octanol–water partition coefficient (Wildman–Crippen LogP) is 2.59. The van der Waals surface area contributed by atoms with Crippen molar-refractivity contribution in [2.75, 3.05) is 13.1 Å². The van der Waals surface area contributed by atoms with Crippen LogP contribution in [-0.2, 0) is 25.6 Å². The van der Waals surface area contributed by atoms with Gasteiger partial charge in [0.05, 0.1) is 29.4 Å². The molecule has 1 atom stereocenters. The molecule has 0 radical (unpaired) electrons. The summed E-state index contributed by atoms with van der Waals surface area (Å²) in [7, 11) is 0. The van der Waals surface area contributed by atoms with Crippen molar-refractivity contribution < 1.29 is 19.2 Å². The minimum Gasteiger partial charge on any atom is -0.352 e. The van der Waals surface area contributed by atoms with Crippen LogP contribution >= 0.6 is 23.2 Å². The molecule has 1 aromatic carbocycles. The number of nitrogens with zero attached hydrogens (tertiary/aromatic N) is 2. The highest BCUT2D eigenvalue weighted by atomic mass is 35.5. The number of carbonyl (C=O) groups excluding carboxylic acids is 4. The highest BCUT2D eigenvalue weighted by molar-refractivity contribution is 6.42. The van der Waals surface area contributed by atoms with Gasteiger partial charge in [0.15, 0.2) is 0 Å². The number of halogens is 2. The van der Waals surface area contributed by atoms with E-state index in [0.717, 1.165) is 0 Å². The third kappa shape index (κ3) is 6.76. The molecule has 8 nitrogen and oxygen atoms in total. The molecule has 174 valence electrons. The lowest BCUT2D eigenvalue weighted by molar-refractivity contribution is -0.142. The minimum atomic E-state index is -0.798. The molecule has 0 aliphatic carbocycles. The van der Waals surface area contributed by atoms with E-state index in [4.69, 9.17) is 23.2 Å². The van der Waals surface area contributed by atoms with Crippen molar-refractivity contribution in [3.63, 3.8) is 0 Å². The van der Waals surface area contributed by atoms with Crippen molar-refractivity contribution in [1.29, 1.82) is 0 Å². The maximum Gasteiger partial charge on any atom is 0.249 e. The number of imide groups is 1. The second-order valence-corrected chi connectivity index (χ2v) is 8.56. The molecule has 1 unspecified atom stereocenters. The van der Waals surface area contributed by atoms with Gasteiger partial charge >= 0.3 is 0 Å². The van der Waals surface area contributed by atoms with Crippen molar-refractivity contribution in [2.24, 2.45) is 4.99 Å². The summed E-state index contributed by atoms with van der Waals surface area (Å²) in [6.07, 6.45) is 5.85. The van der Waals surface area contributed by atoms with Gasteiger partial charge in [0.1, 0.15) is 11.9 Å². The lowest BCUT2D eigenvalue weighted by atomic mass is 10.0. The first-order valence-corrected chi connectivity index (χ1v) is 11.2. The largest absolute Gasteiger partial charge is 0.352 e. The van der Waals surface area contributed by atoms with Crippen LogP contribution in [0.4, 0.5) is 0 Å². The molecular weight excluding hydrogens is 467 g/mol. The van der Waals surface area contributed by atoms with Gasteiger partial charge in [0.25, 0.3) is 0 Å². The van der Waals surface area contributed by atoms with E-state index >= 15 is 0 Å². The van der Waals surface area contributed by atoms with E-state index in [0.29, 0.717) is 33.6 Å². The van der Waals surface area contributed by atoms with Crippen LogP contribution in [0.2, 0.25) is 10.0 Å². The van der Waals surface area contributed by atoms with Crippen LogP contribution < -0.4 is 10.6 Å². The Balaban J connectivity index is 1.68. The molecule has 1 saturated heterocycles. The highest BCUT2D eigenvalue weighted by Crippen LogP contribution is 2.23. The number of amidine groups is 1. The van der Waals surface area contributed by atoms with Gasteiger partial charge in [-0.05, 0) is 36.6 Å². The van der Waals surface area contributed by atoms with Crippen molar-refractivity contribution in [2.45, 2.75) is 38.6 Å². The quantitative estimate of drug-likeness (QED) is 0.618. The van der Waals surface area contributed by atoms with Gasteiger partial charge < -0.3 is 5.32 Å². The fraction of sp³-hybridized carbons (Fsp3) is 0.348. The molecule has 2 aliphatic rings. The number of hydrogen-bond donors (Lipinski definition) is 2. The van der Waals surface area contributed by atoms with Crippen molar-refractivity contribution in [3.05, 3.63) is 57.6 Å². The molecule has 0 aromatic heterocycles. The SMILES string of the molecule is CC1=NC/C=C\C=C(\CNC(=O)Cc2ccc(Cl)c(Cl)c2)CC(=O)N1C1CCC(=O)NC1=O. The van der Waals surface area contributed by atoms with Crippen LogP contribution in [0, 0.1) is 0 Å². The Labute approximate surface area is 201 Å². The maximum atomic E-state index is 13.2. The topological polar surface area (TPSA) is 108 Å². The highest BCUT2D eigenvalue weighted by Gasteiger charge is 2.36. The zero-order chi connectivity index (χ0) is 24.0. The smallest absolute Gasteiger partial charge is 0.249 e. The predicted molar refractivity (Wildman–Crippen MR) is 126 cm³/mol. The van der Waals surface area contributed by atoms with Crippen LogP contribution in [-0.4, -0.2) is 53.5 Å². The Morgan fingerprint density at radius 3 is 2.76 bits per heavy atom. The van der Waals surface area contributed by atoms with E-state index in [1.807, 2.05) is 6.08 Å². The minimum absolute atomic E-state index is 0.0119. The first kappa shape index (κ1) is 24.7. The van der Waals surface area contributed by atoms with Crippen LogP contribution in [0.25, 0.3) is 0 Å². The zero-order valence-corrected chi connectivity index (χ0v) is 19.6. The van der Waals surface area contributed by atoms with Crippen molar-refractivity contribution in [1.82, 2.24) is 15.5 Å². The summed E-state index contributed by atoms with van der Waals surface area (Å²) in [5, 5.41) is 5.89. The van der Waals surface area contributed by atoms with Crippen molar-refractivity contribution in [3.8, 4) is 0 Å². The average molecular weight is 491 g/mol. The van der Waals surface area contributed by atoms with Gasteiger partial charge in [-0.1, -0.05) is 47.5 Å². The number of hydrogen-bond acceptors (Lipinski definition) is 5. The summed E-state index contributed by atoms with van der Waals surface area (Å²) >= 11 is 11.9. The average Bonchev–Trinajstić information content (AvgIpc) is 2.75. The first-order valence-electron chi connectivity index (χ1n) is 10.5. The van der Waals surface area contributed by atoms with Gasteiger partial charge in [-0.3, -0.25) is 34.4 Å². The van der Waals surface area contributed by atoms with Gasteiger partial charge in [-0.25, -0.2) is 0 Å². The fourth-order valence-electron chi connectivity index (χ4n) is 3.60. The zero-order valence-electron chi connectivity index (χ0n) is 18.1. The van der Waals surface area contributed by atoms with E-state index in [1.54, 1.807) is 37.3 Å². The summed E-state index contributed by atoms with van der Waals surface area (Å²) in [6, 6.07) is 4.20. The Morgan fingerprint density at radius 1 is 1.24 bits per heavy atom. The van der Waals surface area contributed by atoms with Crippen LogP contribution in [0.15, 0.2) is 47.0 Å². The summed E-state index contributed by atoms with van der Waals surface area (Å²) < 4.78 is 0. The molecule has 0 spiro atoms. The molecule has 33 heavy (non-hydrogen) atoms. The van der Waals surface area contributed by atoms with Crippen molar-refractivity contribution >= 4 is 52.7 Å². The molecule has 2 N–H and O–H groups in total. The number of amides is 4. The Bertz CT molecular complexity index is 1060. The Kier molecular flexibility index (Phi) is 8.41. The summed E-state index contributed by atoms with van der Waals surface area (Å²) in [5.74, 6) is -1.02. The van der Waals surface area contributed by atoms with E-state index in [2.05, 4.69) is 15.6 Å². The number of aliphatic imine (C=N–C) groups is 1. The molecule has 3 rings (SSSR count). The molecule has 2 heterocycles.